The van der Waals surface area contributed by atoms with E-state index in [0.29, 0.717) is 5.56 Å². The Morgan fingerprint density at radius 1 is 1.00 bits per heavy atom. The van der Waals surface area contributed by atoms with Gasteiger partial charge in [0.1, 0.15) is 11.9 Å². The number of para-hydroxylation sites is 2. The number of H-pyrrole nitrogens is 1. The Labute approximate surface area is 209 Å². The normalized spacial score (nSPS) is 14.9. The van der Waals surface area contributed by atoms with Gasteiger partial charge in [-0.1, -0.05) is 49.6 Å². The molecule has 184 valence electrons. The molecule has 0 bridgehead atoms. The van der Waals surface area contributed by atoms with Gasteiger partial charge in [0.15, 0.2) is 0 Å². The van der Waals surface area contributed by atoms with E-state index in [1.807, 2.05) is 24.3 Å². The number of aromatic nitrogens is 2. The third kappa shape index (κ3) is 5.00. The molecule has 1 aliphatic rings. The molecule has 1 aliphatic carbocycles. The first kappa shape index (κ1) is 23.7. The minimum Gasteiger partial charge on any atom is -0.361 e. The van der Waals surface area contributed by atoms with Gasteiger partial charge in [-0.2, -0.15) is 0 Å². The molecule has 1 saturated carbocycles. The first-order valence-electron chi connectivity index (χ1n) is 12.4. The zero-order chi connectivity index (χ0) is 24.9. The van der Waals surface area contributed by atoms with Gasteiger partial charge >= 0.3 is 0 Å². The predicted molar refractivity (Wildman–Crippen MR) is 138 cm³/mol. The molecule has 0 saturated heterocycles. The fraction of sp³-hybridized carbons (Fsp3) is 0.276. The summed E-state index contributed by atoms with van der Waals surface area (Å²) in [6.45, 7) is 0. The molecule has 1 fully saturated rings. The fourth-order valence-corrected chi connectivity index (χ4v) is 5.08. The van der Waals surface area contributed by atoms with Crippen LogP contribution in [0.4, 0.5) is 10.1 Å². The molecule has 2 heterocycles. The molecule has 0 unspecified atom stereocenters. The first-order valence-corrected chi connectivity index (χ1v) is 12.4. The highest BCUT2D eigenvalue weighted by Gasteiger charge is 2.35. The molecule has 0 radical (unpaired) electrons. The van der Waals surface area contributed by atoms with Gasteiger partial charge in [0.05, 0.1) is 12.1 Å². The van der Waals surface area contributed by atoms with Crippen molar-refractivity contribution in [2.24, 2.45) is 0 Å². The average molecular weight is 485 g/mol. The Morgan fingerprint density at radius 3 is 2.50 bits per heavy atom. The molecule has 2 aromatic heterocycles. The van der Waals surface area contributed by atoms with Crippen molar-refractivity contribution in [2.75, 3.05) is 4.90 Å². The number of fused-ring (bicyclic) bond motifs is 1. The first-order chi connectivity index (χ1) is 17.6. The summed E-state index contributed by atoms with van der Waals surface area (Å²) in [5.74, 6) is -1.25. The van der Waals surface area contributed by atoms with Crippen molar-refractivity contribution >= 4 is 28.4 Å². The van der Waals surface area contributed by atoms with Crippen LogP contribution >= 0.6 is 0 Å². The molecule has 0 spiro atoms. The zero-order valence-corrected chi connectivity index (χ0v) is 20.0. The zero-order valence-electron chi connectivity index (χ0n) is 20.0. The summed E-state index contributed by atoms with van der Waals surface area (Å²) in [7, 11) is 0. The third-order valence-electron chi connectivity index (χ3n) is 6.88. The number of hydrogen-bond acceptors (Lipinski definition) is 3. The third-order valence-corrected chi connectivity index (χ3v) is 6.88. The van der Waals surface area contributed by atoms with Gasteiger partial charge in [-0.15, -0.1) is 0 Å². The molecule has 7 heteroatoms. The van der Waals surface area contributed by atoms with Gasteiger partial charge < -0.3 is 10.3 Å². The maximum Gasteiger partial charge on any atom is 0.248 e. The van der Waals surface area contributed by atoms with Crippen LogP contribution in [0.3, 0.4) is 0 Å². The molecule has 6 nitrogen and oxygen atoms in total. The maximum atomic E-state index is 15.2. The molecular weight excluding hydrogens is 455 g/mol. The molecule has 5 rings (SSSR count). The van der Waals surface area contributed by atoms with Gasteiger partial charge in [0, 0.05) is 35.5 Å². The topological polar surface area (TPSA) is 78.1 Å². The van der Waals surface area contributed by atoms with E-state index in [1.165, 1.54) is 11.0 Å². The van der Waals surface area contributed by atoms with Crippen molar-refractivity contribution in [3.05, 3.63) is 96.2 Å². The Bertz CT molecular complexity index is 1350. The van der Waals surface area contributed by atoms with Crippen LogP contribution in [0.25, 0.3) is 10.9 Å². The van der Waals surface area contributed by atoms with Crippen molar-refractivity contribution in [3.8, 4) is 0 Å². The highest BCUT2D eigenvalue weighted by molar-refractivity contribution is 6.03. The number of rotatable bonds is 7. The van der Waals surface area contributed by atoms with Crippen LogP contribution in [0.15, 0.2) is 79.3 Å². The lowest BCUT2D eigenvalue weighted by Crippen LogP contribution is -2.48. The average Bonchev–Trinajstić information content (AvgIpc) is 3.31. The number of carbonyl (C=O) groups is 2. The summed E-state index contributed by atoms with van der Waals surface area (Å²) >= 11 is 0. The molecule has 2 amide bonds. The van der Waals surface area contributed by atoms with Crippen molar-refractivity contribution in [1.29, 1.82) is 0 Å². The number of anilines is 1. The van der Waals surface area contributed by atoms with Crippen molar-refractivity contribution in [2.45, 2.75) is 50.6 Å². The summed E-state index contributed by atoms with van der Waals surface area (Å²) in [4.78, 5) is 36.3. The van der Waals surface area contributed by atoms with E-state index in [0.717, 1.165) is 48.6 Å². The van der Waals surface area contributed by atoms with E-state index >= 15 is 4.39 Å². The van der Waals surface area contributed by atoms with E-state index in [4.69, 9.17) is 0 Å². The van der Waals surface area contributed by atoms with Gasteiger partial charge in [-0.3, -0.25) is 19.5 Å². The van der Waals surface area contributed by atoms with Crippen LogP contribution in [0.2, 0.25) is 0 Å². The number of nitrogens with one attached hydrogen (secondary N) is 2. The van der Waals surface area contributed by atoms with E-state index < -0.39 is 11.9 Å². The Balaban J connectivity index is 1.55. The van der Waals surface area contributed by atoms with Crippen LogP contribution in [-0.4, -0.2) is 27.8 Å². The van der Waals surface area contributed by atoms with Crippen molar-refractivity contribution < 1.29 is 14.0 Å². The van der Waals surface area contributed by atoms with Crippen LogP contribution < -0.4 is 10.2 Å². The van der Waals surface area contributed by atoms with Crippen LogP contribution in [0.5, 0.6) is 0 Å². The van der Waals surface area contributed by atoms with E-state index in [-0.39, 0.29) is 30.0 Å². The Hall–Kier alpha value is -4.00. The lowest BCUT2D eigenvalue weighted by molar-refractivity contribution is -0.127. The quantitative estimate of drug-likeness (QED) is 0.365. The minimum absolute atomic E-state index is 0.0106. The summed E-state index contributed by atoms with van der Waals surface area (Å²) in [6.07, 6.45) is 10.0. The Kier molecular flexibility index (Phi) is 7.07. The van der Waals surface area contributed by atoms with Crippen LogP contribution in [0, 0.1) is 5.82 Å². The molecule has 2 N–H and O–H groups in total. The lowest BCUT2D eigenvalue weighted by Gasteiger charge is -2.33. The van der Waals surface area contributed by atoms with Gasteiger partial charge in [0.25, 0.3) is 0 Å². The summed E-state index contributed by atoms with van der Waals surface area (Å²) in [6, 6.07) is 16.2. The SMILES string of the molecule is O=C(NC1CCCCC1)[C@@H](c1ccncc1)N(C(=O)Cc1c[nH]c2ccccc12)c1ccccc1F. The highest BCUT2D eigenvalue weighted by atomic mass is 19.1. The number of nitrogens with zero attached hydrogens (tertiary/aromatic N) is 2. The number of halogens is 1. The number of hydrogen-bond donors (Lipinski definition) is 2. The summed E-state index contributed by atoms with van der Waals surface area (Å²) in [5, 5.41) is 4.07. The number of carbonyl (C=O) groups excluding carboxylic acids is 2. The van der Waals surface area contributed by atoms with E-state index in [9.17, 15) is 9.59 Å². The van der Waals surface area contributed by atoms with Gasteiger partial charge in [-0.05, 0) is 54.3 Å². The lowest BCUT2D eigenvalue weighted by atomic mass is 9.94. The van der Waals surface area contributed by atoms with E-state index in [2.05, 4.69) is 15.3 Å². The van der Waals surface area contributed by atoms with Crippen LogP contribution in [0.1, 0.15) is 49.3 Å². The van der Waals surface area contributed by atoms with Gasteiger partial charge in [0.2, 0.25) is 11.8 Å². The largest absolute Gasteiger partial charge is 0.361 e. The number of amides is 2. The second kappa shape index (κ2) is 10.7. The number of benzene rings is 2. The van der Waals surface area contributed by atoms with Crippen molar-refractivity contribution in [3.63, 3.8) is 0 Å². The monoisotopic (exact) mass is 484 g/mol. The second-order valence-electron chi connectivity index (χ2n) is 9.28. The molecular formula is C29H29FN4O2. The predicted octanol–water partition coefficient (Wildman–Crippen LogP) is 5.47. The van der Waals surface area contributed by atoms with Crippen LogP contribution in [-0.2, 0) is 16.0 Å². The minimum atomic E-state index is -1.04. The molecule has 36 heavy (non-hydrogen) atoms. The summed E-state index contributed by atoms with van der Waals surface area (Å²) < 4.78 is 15.2. The second-order valence-corrected chi connectivity index (χ2v) is 9.28. The fourth-order valence-electron chi connectivity index (χ4n) is 5.08. The van der Waals surface area contributed by atoms with Gasteiger partial charge in [-0.25, -0.2) is 4.39 Å². The number of aromatic amines is 1. The standard InChI is InChI=1S/C29H29FN4O2/c30-24-11-5-7-13-26(24)34(27(35)18-21-19-32-25-12-6-4-10-23(21)25)28(20-14-16-31-17-15-20)29(36)33-22-8-2-1-3-9-22/h4-7,10-17,19,22,28,32H,1-3,8-9,18H2,(H,33,36)/t28-/m1/s1. The van der Waals surface area contributed by atoms with E-state index in [1.54, 1.807) is 48.9 Å². The summed E-state index contributed by atoms with van der Waals surface area (Å²) in [5.41, 5.74) is 2.35. The molecule has 0 aliphatic heterocycles. The smallest absolute Gasteiger partial charge is 0.248 e. The maximum absolute atomic E-state index is 15.2. The Morgan fingerprint density at radius 2 is 1.72 bits per heavy atom. The number of pyridine rings is 1. The van der Waals surface area contributed by atoms with Crippen molar-refractivity contribution in [1.82, 2.24) is 15.3 Å². The molecule has 4 aromatic rings. The highest BCUT2D eigenvalue weighted by Crippen LogP contribution is 2.32. The molecule has 2 aromatic carbocycles. The molecule has 1 atom stereocenters.